The molecule has 0 fully saturated rings. The molecule has 2 N–H and O–H groups in total. The van der Waals surface area contributed by atoms with Gasteiger partial charge in [-0.3, -0.25) is 0 Å². The van der Waals surface area contributed by atoms with E-state index in [1.54, 1.807) is 0 Å². The summed E-state index contributed by atoms with van der Waals surface area (Å²) in [5.41, 5.74) is 2.55. The molecule has 0 spiro atoms. The number of fused-ring (bicyclic) bond motifs is 2. The summed E-state index contributed by atoms with van der Waals surface area (Å²) < 4.78 is 0. The molecule has 0 aliphatic carbocycles. The first-order chi connectivity index (χ1) is 9.38. The molecular weight excluding hydrogens is 272 g/mol. The predicted molar refractivity (Wildman–Crippen MR) is 84.0 cm³/mol. The minimum atomic E-state index is 0.469. The summed E-state index contributed by atoms with van der Waals surface area (Å²) in [7, 11) is 0. The van der Waals surface area contributed by atoms with Gasteiger partial charge in [0.2, 0.25) is 0 Å². The SMILES string of the molecule is c1ccc2c(c1)NC(CC1Nc3ccccc3S1)S2. The molecule has 2 aliphatic rings. The van der Waals surface area contributed by atoms with Crippen molar-refractivity contribution in [2.24, 2.45) is 0 Å². The molecule has 2 unspecified atom stereocenters. The number of para-hydroxylation sites is 2. The van der Waals surface area contributed by atoms with Gasteiger partial charge in [0.15, 0.2) is 0 Å². The Morgan fingerprint density at radius 1 is 0.737 bits per heavy atom. The summed E-state index contributed by atoms with van der Waals surface area (Å²) in [5.74, 6) is 0. The average Bonchev–Trinajstić information content (AvgIpc) is 3.00. The van der Waals surface area contributed by atoms with Gasteiger partial charge >= 0.3 is 0 Å². The highest BCUT2D eigenvalue weighted by atomic mass is 32.2. The number of benzene rings is 2. The largest absolute Gasteiger partial charge is 0.372 e. The van der Waals surface area contributed by atoms with Crippen molar-refractivity contribution in [3.63, 3.8) is 0 Å². The maximum absolute atomic E-state index is 3.60. The fraction of sp³-hybridized carbons (Fsp3) is 0.200. The molecule has 4 heteroatoms. The molecule has 2 aromatic carbocycles. The van der Waals surface area contributed by atoms with Gasteiger partial charge in [-0.05, 0) is 24.3 Å². The zero-order valence-corrected chi connectivity index (χ0v) is 11.9. The van der Waals surface area contributed by atoms with Crippen LogP contribution in [0.15, 0.2) is 58.3 Å². The van der Waals surface area contributed by atoms with Gasteiger partial charge in [0, 0.05) is 27.6 Å². The van der Waals surface area contributed by atoms with Crippen LogP contribution in [0.2, 0.25) is 0 Å². The molecule has 96 valence electrons. The molecule has 0 saturated carbocycles. The summed E-state index contributed by atoms with van der Waals surface area (Å²) in [6.07, 6.45) is 1.11. The molecule has 4 rings (SSSR count). The Hall–Kier alpha value is -1.26. The van der Waals surface area contributed by atoms with Crippen LogP contribution in [0.5, 0.6) is 0 Å². The summed E-state index contributed by atoms with van der Waals surface area (Å²) in [6, 6.07) is 17.1. The fourth-order valence-corrected chi connectivity index (χ4v) is 5.00. The van der Waals surface area contributed by atoms with Crippen LogP contribution in [-0.4, -0.2) is 10.7 Å². The lowest BCUT2D eigenvalue weighted by Gasteiger charge is -2.16. The second kappa shape index (κ2) is 4.69. The van der Waals surface area contributed by atoms with E-state index in [4.69, 9.17) is 0 Å². The first-order valence-corrected chi connectivity index (χ1v) is 8.19. The van der Waals surface area contributed by atoms with Gasteiger partial charge in [-0.15, -0.1) is 0 Å². The number of rotatable bonds is 2. The monoisotopic (exact) mass is 286 g/mol. The van der Waals surface area contributed by atoms with Gasteiger partial charge in [0.25, 0.3) is 0 Å². The number of hydrogen-bond donors (Lipinski definition) is 2. The van der Waals surface area contributed by atoms with Crippen LogP contribution in [0, 0.1) is 0 Å². The highest BCUT2D eigenvalue weighted by Gasteiger charge is 2.28. The molecule has 2 aliphatic heterocycles. The molecule has 0 aromatic heterocycles. The Balaban J connectivity index is 1.43. The number of anilines is 2. The van der Waals surface area contributed by atoms with Gasteiger partial charge in [-0.25, -0.2) is 0 Å². The van der Waals surface area contributed by atoms with E-state index < -0.39 is 0 Å². The van der Waals surface area contributed by atoms with Crippen molar-refractivity contribution in [3.8, 4) is 0 Å². The minimum absolute atomic E-state index is 0.469. The normalized spacial score (nSPS) is 23.4. The summed E-state index contributed by atoms with van der Waals surface area (Å²) in [4.78, 5) is 2.74. The summed E-state index contributed by atoms with van der Waals surface area (Å²) in [5, 5.41) is 8.13. The second-order valence-electron chi connectivity index (χ2n) is 4.73. The second-order valence-corrected chi connectivity index (χ2v) is 7.22. The Morgan fingerprint density at radius 2 is 1.21 bits per heavy atom. The number of nitrogens with one attached hydrogen (secondary N) is 2. The van der Waals surface area contributed by atoms with Crippen molar-refractivity contribution in [3.05, 3.63) is 48.5 Å². The summed E-state index contributed by atoms with van der Waals surface area (Å²) in [6.45, 7) is 0. The van der Waals surface area contributed by atoms with E-state index in [9.17, 15) is 0 Å². The van der Waals surface area contributed by atoms with Crippen LogP contribution in [0.25, 0.3) is 0 Å². The van der Waals surface area contributed by atoms with Crippen molar-refractivity contribution in [2.75, 3.05) is 10.6 Å². The topological polar surface area (TPSA) is 24.1 Å². The standard InChI is InChI=1S/C15H14N2S2/c1-3-7-12-10(5-1)16-14(18-12)9-15-17-11-6-2-4-8-13(11)19-15/h1-8,14-17H,9H2. The first-order valence-electron chi connectivity index (χ1n) is 6.43. The summed E-state index contributed by atoms with van der Waals surface area (Å²) >= 11 is 3.87. The highest BCUT2D eigenvalue weighted by Crippen LogP contribution is 2.44. The van der Waals surface area contributed by atoms with Gasteiger partial charge in [0.1, 0.15) is 0 Å². The van der Waals surface area contributed by atoms with Crippen LogP contribution in [0.4, 0.5) is 11.4 Å². The third-order valence-corrected chi connectivity index (χ3v) is 5.78. The van der Waals surface area contributed by atoms with E-state index in [-0.39, 0.29) is 0 Å². The molecular formula is C15H14N2S2. The lowest BCUT2D eigenvalue weighted by molar-refractivity contribution is 0.836. The van der Waals surface area contributed by atoms with E-state index in [2.05, 4.69) is 59.2 Å². The molecule has 0 radical (unpaired) electrons. The average molecular weight is 286 g/mol. The number of thioether (sulfide) groups is 2. The molecule has 2 heterocycles. The Bertz CT molecular complexity index is 511. The zero-order chi connectivity index (χ0) is 12.7. The van der Waals surface area contributed by atoms with E-state index in [1.807, 2.05) is 23.5 Å². The van der Waals surface area contributed by atoms with Crippen molar-refractivity contribution in [1.82, 2.24) is 0 Å². The Kier molecular flexibility index (Phi) is 2.85. The maximum atomic E-state index is 3.60. The van der Waals surface area contributed by atoms with Gasteiger partial charge in [-0.1, -0.05) is 47.8 Å². The lowest BCUT2D eigenvalue weighted by atomic mass is 10.3. The van der Waals surface area contributed by atoms with Gasteiger partial charge in [0.05, 0.1) is 10.7 Å². The molecule has 0 amide bonds. The molecule has 19 heavy (non-hydrogen) atoms. The van der Waals surface area contributed by atoms with Crippen molar-refractivity contribution >= 4 is 34.9 Å². The predicted octanol–water partition coefficient (Wildman–Crippen LogP) is 4.46. The highest BCUT2D eigenvalue weighted by molar-refractivity contribution is 8.01. The number of hydrogen-bond acceptors (Lipinski definition) is 4. The third kappa shape index (κ3) is 2.19. The van der Waals surface area contributed by atoms with E-state index in [1.165, 1.54) is 21.2 Å². The van der Waals surface area contributed by atoms with Crippen LogP contribution in [-0.2, 0) is 0 Å². The van der Waals surface area contributed by atoms with Crippen LogP contribution in [0.3, 0.4) is 0 Å². The van der Waals surface area contributed by atoms with E-state index >= 15 is 0 Å². The van der Waals surface area contributed by atoms with Crippen LogP contribution >= 0.6 is 23.5 Å². The lowest BCUT2D eigenvalue weighted by Crippen LogP contribution is -2.20. The van der Waals surface area contributed by atoms with Gasteiger partial charge in [-0.2, -0.15) is 0 Å². The van der Waals surface area contributed by atoms with Crippen molar-refractivity contribution in [2.45, 2.75) is 27.0 Å². The van der Waals surface area contributed by atoms with E-state index in [0.29, 0.717) is 10.7 Å². The van der Waals surface area contributed by atoms with Crippen molar-refractivity contribution < 1.29 is 0 Å². The van der Waals surface area contributed by atoms with Crippen LogP contribution in [0.1, 0.15) is 6.42 Å². The Morgan fingerprint density at radius 3 is 1.68 bits per heavy atom. The van der Waals surface area contributed by atoms with Gasteiger partial charge < -0.3 is 10.6 Å². The van der Waals surface area contributed by atoms with Crippen LogP contribution < -0.4 is 10.6 Å². The molecule has 2 nitrogen and oxygen atoms in total. The quantitative estimate of drug-likeness (QED) is 0.851. The zero-order valence-electron chi connectivity index (χ0n) is 10.3. The van der Waals surface area contributed by atoms with Crippen molar-refractivity contribution in [1.29, 1.82) is 0 Å². The fourth-order valence-electron chi connectivity index (χ4n) is 2.50. The molecule has 0 saturated heterocycles. The molecule has 0 bridgehead atoms. The smallest absolute Gasteiger partial charge is 0.0798 e. The molecule has 2 atom stereocenters. The minimum Gasteiger partial charge on any atom is -0.372 e. The Labute approximate surface area is 121 Å². The first kappa shape index (κ1) is 11.6. The van der Waals surface area contributed by atoms with E-state index in [0.717, 1.165) is 6.42 Å². The molecule has 2 aromatic rings. The third-order valence-electron chi connectivity index (χ3n) is 3.37. The maximum Gasteiger partial charge on any atom is 0.0798 e.